The van der Waals surface area contributed by atoms with Crippen LogP contribution in [0.25, 0.3) is 0 Å². The largest absolute Gasteiger partial charge is 0.463 e. The van der Waals surface area contributed by atoms with Crippen LogP contribution >= 0.6 is 0 Å². The van der Waals surface area contributed by atoms with Gasteiger partial charge in [0.2, 0.25) is 0 Å². The highest BCUT2D eigenvalue weighted by Gasteiger charge is 2.44. The van der Waals surface area contributed by atoms with E-state index in [-0.39, 0.29) is 13.2 Å². The molecule has 2 aliphatic heterocycles. The van der Waals surface area contributed by atoms with E-state index in [0.29, 0.717) is 12.0 Å². The molecular formula is C13H19NO6. The Balaban J connectivity index is 2.10. The Morgan fingerprint density at radius 3 is 2.85 bits per heavy atom. The molecule has 1 fully saturated rings. The molecule has 2 unspecified atom stereocenters. The van der Waals surface area contributed by atoms with E-state index < -0.39 is 30.5 Å². The van der Waals surface area contributed by atoms with Crippen LogP contribution in [0.1, 0.15) is 13.3 Å². The first kappa shape index (κ1) is 15.0. The fourth-order valence-corrected chi connectivity index (χ4v) is 2.22. The summed E-state index contributed by atoms with van der Waals surface area (Å²) in [6.07, 6.45) is 1.33. The van der Waals surface area contributed by atoms with Crippen molar-refractivity contribution >= 4 is 5.97 Å². The number of nitrogens with zero attached hydrogens (tertiary/aromatic N) is 1. The Kier molecular flexibility index (Phi) is 4.77. The van der Waals surface area contributed by atoms with Gasteiger partial charge >= 0.3 is 5.97 Å². The minimum atomic E-state index is -1.17. The van der Waals surface area contributed by atoms with Gasteiger partial charge in [-0.2, -0.15) is 0 Å². The van der Waals surface area contributed by atoms with Crippen molar-refractivity contribution in [3.8, 4) is 0 Å². The highest BCUT2D eigenvalue weighted by atomic mass is 16.6. The Labute approximate surface area is 116 Å². The molecule has 3 N–H and O–H groups in total. The second-order valence-electron chi connectivity index (χ2n) is 4.64. The monoisotopic (exact) mass is 285 g/mol. The van der Waals surface area contributed by atoms with Gasteiger partial charge in [-0.05, 0) is 6.92 Å². The molecule has 1 saturated heterocycles. The third kappa shape index (κ3) is 2.85. The van der Waals surface area contributed by atoms with E-state index in [1.165, 1.54) is 11.1 Å². The normalized spacial score (nSPS) is 33.2. The SMILES string of the molecule is CCOC(=O)C1=CN([C@@H]2O[C@H](CO)C(O)C2O)C=CC1. The smallest absolute Gasteiger partial charge is 0.335 e. The van der Waals surface area contributed by atoms with Gasteiger partial charge in [-0.3, -0.25) is 0 Å². The van der Waals surface area contributed by atoms with Crippen molar-refractivity contribution in [2.24, 2.45) is 0 Å². The summed E-state index contributed by atoms with van der Waals surface area (Å²) in [6, 6.07) is 0. The average Bonchev–Trinajstić information content (AvgIpc) is 2.75. The van der Waals surface area contributed by atoms with Gasteiger partial charge in [-0.15, -0.1) is 0 Å². The van der Waals surface area contributed by atoms with Crippen LogP contribution in [0.5, 0.6) is 0 Å². The van der Waals surface area contributed by atoms with E-state index in [2.05, 4.69) is 0 Å². The van der Waals surface area contributed by atoms with Crippen LogP contribution in [0.15, 0.2) is 24.0 Å². The zero-order chi connectivity index (χ0) is 14.7. The maximum absolute atomic E-state index is 11.7. The van der Waals surface area contributed by atoms with Crippen LogP contribution in [0.2, 0.25) is 0 Å². The summed E-state index contributed by atoms with van der Waals surface area (Å²) in [5.74, 6) is -0.423. The van der Waals surface area contributed by atoms with Crippen LogP contribution < -0.4 is 0 Å². The molecule has 0 aromatic heterocycles. The number of ether oxygens (including phenoxy) is 2. The molecule has 0 aromatic carbocycles. The predicted molar refractivity (Wildman–Crippen MR) is 68.1 cm³/mol. The Morgan fingerprint density at radius 2 is 2.25 bits per heavy atom. The fourth-order valence-electron chi connectivity index (χ4n) is 2.22. The molecule has 7 heteroatoms. The van der Waals surface area contributed by atoms with Gasteiger partial charge in [0.15, 0.2) is 6.23 Å². The van der Waals surface area contributed by atoms with Gasteiger partial charge in [-0.1, -0.05) is 6.08 Å². The number of hydrogen-bond acceptors (Lipinski definition) is 7. The van der Waals surface area contributed by atoms with Crippen molar-refractivity contribution in [1.29, 1.82) is 0 Å². The lowest BCUT2D eigenvalue weighted by molar-refractivity contribution is -0.138. The van der Waals surface area contributed by atoms with Crippen LogP contribution in [0, 0.1) is 0 Å². The van der Waals surface area contributed by atoms with Crippen LogP contribution in [-0.4, -0.2) is 63.9 Å². The molecule has 7 nitrogen and oxygen atoms in total. The molecule has 0 spiro atoms. The van der Waals surface area contributed by atoms with Gasteiger partial charge in [0, 0.05) is 18.8 Å². The third-order valence-corrected chi connectivity index (χ3v) is 3.27. The number of carbonyl (C=O) groups excluding carboxylic acids is 1. The van der Waals surface area contributed by atoms with Crippen molar-refractivity contribution in [2.45, 2.75) is 37.9 Å². The topological polar surface area (TPSA) is 99.5 Å². The van der Waals surface area contributed by atoms with Crippen molar-refractivity contribution in [2.75, 3.05) is 13.2 Å². The molecule has 0 aromatic rings. The van der Waals surface area contributed by atoms with Crippen LogP contribution in [0.4, 0.5) is 0 Å². The van der Waals surface area contributed by atoms with Crippen LogP contribution in [-0.2, 0) is 14.3 Å². The predicted octanol–water partition coefficient (Wildman–Crippen LogP) is -0.908. The van der Waals surface area contributed by atoms with Crippen molar-refractivity contribution in [1.82, 2.24) is 4.90 Å². The number of carbonyl (C=O) groups is 1. The van der Waals surface area contributed by atoms with Gasteiger partial charge in [0.05, 0.1) is 18.8 Å². The first-order valence-corrected chi connectivity index (χ1v) is 6.52. The quantitative estimate of drug-likeness (QED) is 0.575. The van der Waals surface area contributed by atoms with E-state index in [0.717, 1.165) is 0 Å². The molecule has 0 radical (unpaired) electrons. The summed E-state index contributed by atoms with van der Waals surface area (Å²) in [5, 5.41) is 28.7. The van der Waals surface area contributed by atoms with Gasteiger partial charge < -0.3 is 29.7 Å². The molecule has 0 saturated carbocycles. The van der Waals surface area contributed by atoms with E-state index >= 15 is 0 Å². The van der Waals surface area contributed by atoms with Crippen molar-refractivity contribution in [3.05, 3.63) is 24.0 Å². The minimum absolute atomic E-state index is 0.285. The average molecular weight is 285 g/mol. The lowest BCUT2D eigenvalue weighted by Crippen LogP contribution is -2.40. The molecular weight excluding hydrogens is 266 g/mol. The lowest BCUT2D eigenvalue weighted by Gasteiger charge is -2.28. The summed E-state index contributed by atoms with van der Waals surface area (Å²) in [7, 11) is 0. The van der Waals surface area contributed by atoms with Crippen LogP contribution in [0.3, 0.4) is 0 Å². The zero-order valence-corrected chi connectivity index (χ0v) is 11.2. The van der Waals surface area contributed by atoms with E-state index in [1.807, 2.05) is 0 Å². The summed E-state index contributed by atoms with van der Waals surface area (Å²) >= 11 is 0. The molecule has 112 valence electrons. The third-order valence-electron chi connectivity index (χ3n) is 3.27. The maximum Gasteiger partial charge on any atom is 0.335 e. The molecule has 0 aliphatic carbocycles. The molecule has 2 aliphatic rings. The molecule has 2 rings (SSSR count). The second kappa shape index (κ2) is 6.36. The Hall–Kier alpha value is -1.41. The molecule has 20 heavy (non-hydrogen) atoms. The number of rotatable bonds is 4. The summed E-state index contributed by atoms with van der Waals surface area (Å²) < 4.78 is 10.3. The van der Waals surface area contributed by atoms with E-state index in [9.17, 15) is 15.0 Å². The standard InChI is InChI=1S/C13H19NO6/c1-2-19-13(18)8-4-3-5-14(6-8)12-11(17)10(16)9(7-15)20-12/h3,5-6,9-12,15-17H,2,4,7H2,1H3/t9-,10?,11?,12-/m1/s1. The van der Waals surface area contributed by atoms with Gasteiger partial charge in [-0.25, -0.2) is 4.79 Å². The highest BCUT2D eigenvalue weighted by Crippen LogP contribution is 2.27. The molecule has 0 bridgehead atoms. The second-order valence-corrected chi connectivity index (χ2v) is 4.64. The van der Waals surface area contributed by atoms with Crippen molar-refractivity contribution in [3.63, 3.8) is 0 Å². The van der Waals surface area contributed by atoms with E-state index in [1.54, 1.807) is 19.2 Å². The van der Waals surface area contributed by atoms with Crippen molar-refractivity contribution < 1.29 is 29.6 Å². The van der Waals surface area contributed by atoms with E-state index in [4.69, 9.17) is 14.6 Å². The maximum atomic E-state index is 11.7. The lowest BCUT2D eigenvalue weighted by atomic mass is 10.1. The number of aliphatic hydroxyl groups excluding tert-OH is 3. The first-order valence-electron chi connectivity index (χ1n) is 6.52. The molecule has 4 atom stereocenters. The number of aliphatic hydroxyl groups is 3. The summed E-state index contributed by atoms with van der Waals surface area (Å²) in [6.45, 7) is 1.62. The summed E-state index contributed by atoms with van der Waals surface area (Å²) in [4.78, 5) is 13.2. The van der Waals surface area contributed by atoms with Gasteiger partial charge in [0.1, 0.15) is 18.3 Å². The number of esters is 1. The first-order chi connectivity index (χ1) is 9.58. The number of allylic oxidation sites excluding steroid dienone is 1. The zero-order valence-electron chi connectivity index (χ0n) is 11.2. The van der Waals surface area contributed by atoms with Gasteiger partial charge in [0.25, 0.3) is 0 Å². The fraction of sp³-hybridized carbons (Fsp3) is 0.615. The molecule has 0 amide bonds. The number of hydrogen-bond donors (Lipinski definition) is 3. The Bertz CT molecular complexity index is 421. The highest BCUT2D eigenvalue weighted by molar-refractivity contribution is 5.88. The Morgan fingerprint density at radius 1 is 1.50 bits per heavy atom. The minimum Gasteiger partial charge on any atom is -0.463 e. The molecule has 2 heterocycles. The summed E-state index contributed by atoms with van der Waals surface area (Å²) in [5.41, 5.74) is 0.437.